The molecule has 3 fully saturated rings. The van der Waals surface area contributed by atoms with Gasteiger partial charge in [0.25, 0.3) is 17.7 Å². The Labute approximate surface area is 312 Å². The van der Waals surface area contributed by atoms with Gasteiger partial charge in [-0.1, -0.05) is 0 Å². The number of carbonyl (C=O) groups excluding carboxylic acids is 2. The lowest BCUT2D eigenvalue weighted by atomic mass is 9.92. The molecule has 2 aromatic carbocycles. The van der Waals surface area contributed by atoms with Crippen molar-refractivity contribution in [3.05, 3.63) is 67.8 Å². The average Bonchev–Trinajstić information content (AvgIpc) is 3.88. The first-order valence-electron chi connectivity index (χ1n) is 18.3. The fourth-order valence-electron chi connectivity index (χ4n) is 8.09. The van der Waals surface area contributed by atoms with Gasteiger partial charge in [0.05, 0.1) is 52.9 Å². The number of nitrogens with zero attached hydrogens (tertiary/aromatic N) is 4. The number of alkyl halides is 2. The SMILES string of the molecule is COC[C@H]1CN(c2cc(C)c3c4c(c(=O)oc3c2C)CN(C(=O)c2ccc(C(=O)NS(=O)(=O)C3(C)CC3)c(N3CCCC(F)(F)C3)c2F)CC4)CCN1C. The summed E-state index contributed by atoms with van der Waals surface area (Å²) in [6.07, 6.45) is 0.494. The van der Waals surface area contributed by atoms with Gasteiger partial charge >= 0.3 is 5.63 Å². The number of sulfonamides is 1. The molecule has 2 amide bonds. The number of piperazine rings is 1. The molecule has 292 valence electrons. The molecule has 7 rings (SSSR count). The van der Waals surface area contributed by atoms with E-state index in [1.165, 1.54) is 11.8 Å². The third kappa shape index (κ3) is 6.74. The zero-order valence-electron chi connectivity index (χ0n) is 31.2. The molecule has 0 unspecified atom stereocenters. The molecule has 0 bridgehead atoms. The normalized spacial score (nSPS) is 21.3. The summed E-state index contributed by atoms with van der Waals surface area (Å²) in [5.41, 5.74) is 2.08. The van der Waals surface area contributed by atoms with Gasteiger partial charge in [-0.25, -0.2) is 31.1 Å². The topological polar surface area (TPSA) is 133 Å². The summed E-state index contributed by atoms with van der Waals surface area (Å²) >= 11 is 0. The zero-order chi connectivity index (χ0) is 38.9. The molecule has 0 spiro atoms. The number of rotatable bonds is 8. The monoisotopic (exact) mass is 773 g/mol. The molecule has 4 aliphatic rings. The van der Waals surface area contributed by atoms with E-state index in [4.69, 9.17) is 9.15 Å². The number of benzene rings is 2. The van der Waals surface area contributed by atoms with Crippen molar-refractivity contribution >= 4 is 44.2 Å². The van der Waals surface area contributed by atoms with E-state index in [9.17, 15) is 31.6 Å². The highest BCUT2D eigenvalue weighted by Gasteiger charge is 2.51. The number of hydrogen-bond donors (Lipinski definition) is 1. The van der Waals surface area contributed by atoms with Crippen molar-refractivity contribution in [2.24, 2.45) is 0 Å². The van der Waals surface area contributed by atoms with Gasteiger partial charge in [0.2, 0.25) is 10.0 Å². The maximum absolute atomic E-state index is 16.6. The fourth-order valence-corrected chi connectivity index (χ4v) is 9.33. The van der Waals surface area contributed by atoms with Crippen LogP contribution in [0.4, 0.5) is 24.5 Å². The zero-order valence-corrected chi connectivity index (χ0v) is 32.0. The van der Waals surface area contributed by atoms with E-state index in [0.29, 0.717) is 25.0 Å². The molecule has 0 radical (unpaired) electrons. The molecule has 3 aromatic rings. The van der Waals surface area contributed by atoms with Gasteiger partial charge in [-0.2, -0.15) is 0 Å². The molecule has 3 aliphatic heterocycles. The molecule has 54 heavy (non-hydrogen) atoms. The molecule has 12 nitrogen and oxygen atoms in total. The Bertz CT molecular complexity index is 2210. The summed E-state index contributed by atoms with van der Waals surface area (Å²) in [6.45, 7) is 7.30. The first-order valence-corrected chi connectivity index (χ1v) is 19.8. The number of ether oxygens (including phenoxy) is 1. The van der Waals surface area contributed by atoms with E-state index >= 15 is 4.39 Å². The van der Waals surface area contributed by atoms with Crippen LogP contribution >= 0.6 is 0 Å². The molecule has 1 N–H and O–H groups in total. The molecule has 1 aliphatic carbocycles. The van der Waals surface area contributed by atoms with Crippen molar-refractivity contribution < 1.29 is 40.3 Å². The molecule has 2 saturated heterocycles. The van der Waals surface area contributed by atoms with Gasteiger partial charge in [0.15, 0.2) is 5.82 Å². The minimum Gasteiger partial charge on any atom is -0.422 e. The summed E-state index contributed by atoms with van der Waals surface area (Å²) in [4.78, 5) is 47.9. The Morgan fingerprint density at radius 3 is 2.44 bits per heavy atom. The van der Waals surface area contributed by atoms with Gasteiger partial charge in [-0.3, -0.25) is 14.5 Å². The van der Waals surface area contributed by atoms with Crippen LogP contribution in [0, 0.1) is 19.7 Å². The number of fused-ring (bicyclic) bond motifs is 3. The largest absolute Gasteiger partial charge is 0.422 e. The number of hydrogen-bond acceptors (Lipinski definition) is 10. The van der Waals surface area contributed by atoms with E-state index in [0.717, 1.165) is 64.4 Å². The van der Waals surface area contributed by atoms with Crippen LogP contribution in [0.5, 0.6) is 0 Å². The lowest BCUT2D eigenvalue weighted by Crippen LogP contribution is -2.53. The van der Waals surface area contributed by atoms with Gasteiger partial charge in [0.1, 0.15) is 5.58 Å². The third-order valence-electron chi connectivity index (χ3n) is 11.7. The van der Waals surface area contributed by atoms with E-state index in [2.05, 4.69) is 22.9 Å². The number of carbonyl (C=O) groups is 2. The highest BCUT2D eigenvalue weighted by atomic mass is 32.2. The quantitative estimate of drug-likeness (QED) is 0.330. The smallest absolute Gasteiger partial charge is 0.341 e. The Balaban J connectivity index is 1.20. The number of piperidine rings is 1. The summed E-state index contributed by atoms with van der Waals surface area (Å²) in [5, 5.41) is 0.797. The summed E-state index contributed by atoms with van der Waals surface area (Å²) < 4.78 is 83.9. The lowest BCUT2D eigenvalue weighted by molar-refractivity contribution is -0.0118. The maximum atomic E-state index is 16.6. The van der Waals surface area contributed by atoms with Gasteiger partial charge in [-0.15, -0.1) is 0 Å². The van der Waals surface area contributed by atoms with E-state index in [-0.39, 0.29) is 44.1 Å². The average molecular weight is 774 g/mol. The van der Waals surface area contributed by atoms with E-state index in [1.807, 2.05) is 18.6 Å². The molecular weight excluding hydrogens is 728 g/mol. The second-order valence-corrected chi connectivity index (χ2v) is 17.7. The maximum Gasteiger partial charge on any atom is 0.341 e. The second kappa shape index (κ2) is 13.9. The number of aryl methyl sites for hydroxylation is 2. The Hall–Kier alpha value is -4.15. The minimum absolute atomic E-state index is 0.0151. The Kier molecular flexibility index (Phi) is 9.78. The first-order chi connectivity index (χ1) is 25.4. The predicted molar refractivity (Wildman–Crippen MR) is 198 cm³/mol. The van der Waals surface area contributed by atoms with Gasteiger partial charge < -0.3 is 23.9 Å². The summed E-state index contributed by atoms with van der Waals surface area (Å²) in [6, 6.07) is 4.45. The summed E-state index contributed by atoms with van der Waals surface area (Å²) in [7, 11) is -0.388. The van der Waals surface area contributed by atoms with Crippen LogP contribution in [-0.4, -0.2) is 107 Å². The van der Waals surface area contributed by atoms with E-state index in [1.54, 1.807) is 7.11 Å². The van der Waals surface area contributed by atoms with Crippen LogP contribution in [0.15, 0.2) is 27.4 Å². The van der Waals surface area contributed by atoms with Crippen LogP contribution in [0.25, 0.3) is 11.0 Å². The number of anilines is 2. The first kappa shape index (κ1) is 38.1. The Morgan fingerprint density at radius 2 is 1.76 bits per heavy atom. The highest BCUT2D eigenvalue weighted by Crippen LogP contribution is 2.43. The van der Waals surface area contributed by atoms with Crippen molar-refractivity contribution in [1.29, 1.82) is 0 Å². The van der Waals surface area contributed by atoms with Gasteiger partial charge in [0, 0.05) is 62.9 Å². The molecule has 16 heteroatoms. The van der Waals surface area contributed by atoms with Crippen LogP contribution in [0.1, 0.15) is 75.6 Å². The standard InChI is InChI=1S/C38H46F3N5O7S/c1-22-17-29(44-16-15-43(4)24(18-44)20-52-5)23(2)33-30(22)25-9-14-45(19-28(25)36(49)53-33)35(48)26-7-8-27(34(47)42-54(50,51)37(3)11-12-37)32(31(26)39)46-13-6-10-38(40,41)21-46/h7-8,17,24H,6,9-16,18-21H2,1-5H3,(H,42,47)/t24-/m1/s1. The molecule has 4 heterocycles. The fraction of sp³-hybridized carbons (Fsp3) is 0.553. The molecule has 1 saturated carbocycles. The van der Waals surface area contributed by atoms with Crippen LogP contribution < -0.4 is 20.1 Å². The molecule has 1 atom stereocenters. The Morgan fingerprint density at radius 1 is 1.04 bits per heavy atom. The molecule has 1 aromatic heterocycles. The third-order valence-corrected chi connectivity index (χ3v) is 13.8. The van der Waals surface area contributed by atoms with Crippen LogP contribution in [0.3, 0.4) is 0 Å². The van der Waals surface area contributed by atoms with Crippen molar-refractivity contribution in [3.63, 3.8) is 0 Å². The number of nitrogens with one attached hydrogen (secondary N) is 1. The van der Waals surface area contributed by atoms with Crippen molar-refractivity contribution in [1.82, 2.24) is 14.5 Å². The van der Waals surface area contributed by atoms with Crippen LogP contribution in [-0.2, 0) is 27.7 Å². The number of likely N-dealkylation sites (N-methyl/N-ethyl adjacent to an activating group) is 1. The second-order valence-electron chi connectivity index (χ2n) is 15.5. The summed E-state index contributed by atoms with van der Waals surface area (Å²) in [5.74, 6) is -6.39. The predicted octanol–water partition coefficient (Wildman–Crippen LogP) is 4.36. The van der Waals surface area contributed by atoms with Crippen molar-refractivity contribution in [3.8, 4) is 0 Å². The van der Waals surface area contributed by atoms with E-state index < -0.39 is 73.7 Å². The van der Waals surface area contributed by atoms with Crippen LogP contribution in [0.2, 0.25) is 0 Å². The number of amides is 2. The van der Waals surface area contributed by atoms with Gasteiger partial charge in [-0.05, 0) is 82.8 Å². The number of halogens is 3. The highest BCUT2D eigenvalue weighted by molar-refractivity contribution is 7.91. The van der Waals surface area contributed by atoms with Crippen molar-refractivity contribution in [2.75, 3.05) is 69.8 Å². The molecular formula is C38H46F3N5O7S. The minimum atomic E-state index is -4.14. The lowest BCUT2D eigenvalue weighted by Gasteiger charge is -2.41. The van der Waals surface area contributed by atoms with Crippen molar-refractivity contribution in [2.45, 2.75) is 76.1 Å². The number of methoxy groups -OCH3 is 1.